The number of hydrogen-bond acceptors (Lipinski definition) is 3. The van der Waals surface area contributed by atoms with Crippen molar-refractivity contribution in [2.45, 2.75) is 13.1 Å². The second-order valence-electron chi connectivity index (χ2n) is 5.28. The molecule has 1 aromatic heterocycles. The molecular formula is C18H13F3N2O. The molecule has 2 aromatic carbocycles. The van der Waals surface area contributed by atoms with Gasteiger partial charge in [-0.05, 0) is 31.2 Å². The quantitative estimate of drug-likeness (QED) is 0.671. The topological polar surface area (TPSA) is 42.0 Å². The van der Waals surface area contributed by atoms with Gasteiger partial charge in [-0.1, -0.05) is 24.3 Å². The normalized spacial score (nSPS) is 11.5. The molecule has 0 aliphatic rings. The maximum atomic E-state index is 13.1. The van der Waals surface area contributed by atoms with E-state index < -0.39 is 11.7 Å². The third-order valence-corrected chi connectivity index (χ3v) is 3.65. The zero-order valence-electron chi connectivity index (χ0n) is 12.7. The molecule has 6 heteroatoms. The zero-order valence-corrected chi connectivity index (χ0v) is 12.7. The lowest BCUT2D eigenvalue weighted by molar-refractivity contribution is -0.136. The summed E-state index contributed by atoms with van der Waals surface area (Å²) < 4.78 is 39.4. The fourth-order valence-corrected chi connectivity index (χ4v) is 2.56. The number of pyridine rings is 1. The third-order valence-electron chi connectivity index (χ3n) is 3.65. The van der Waals surface area contributed by atoms with Crippen molar-refractivity contribution in [3.8, 4) is 0 Å². The first kappa shape index (κ1) is 16.0. The van der Waals surface area contributed by atoms with E-state index in [1.165, 1.54) is 19.2 Å². The van der Waals surface area contributed by atoms with Gasteiger partial charge >= 0.3 is 6.18 Å². The number of anilines is 2. The Morgan fingerprint density at radius 2 is 1.75 bits per heavy atom. The largest absolute Gasteiger partial charge is 0.418 e. The minimum atomic E-state index is -4.48. The van der Waals surface area contributed by atoms with Crippen molar-refractivity contribution in [1.29, 1.82) is 0 Å². The second-order valence-corrected chi connectivity index (χ2v) is 5.28. The van der Waals surface area contributed by atoms with Gasteiger partial charge < -0.3 is 5.32 Å². The Balaban J connectivity index is 2.14. The lowest BCUT2D eigenvalue weighted by Gasteiger charge is -2.14. The van der Waals surface area contributed by atoms with Crippen molar-refractivity contribution < 1.29 is 18.0 Å². The van der Waals surface area contributed by atoms with E-state index in [9.17, 15) is 18.0 Å². The van der Waals surface area contributed by atoms with Crippen LogP contribution in [0.1, 0.15) is 22.8 Å². The van der Waals surface area contributed by atoms with Crippen molar-refractivity contribution >= 4 is 28.1 Å². The van der Waals surface area contributed by atoms with E-state index in [-0.39, 0.29) is 11.3 Å². The number of Topliss-reactive ketones (excluding diaryl/α,β-unsaturated/α-hetero) is 1. The van der Waals surface area contributed by atoms with Gasteiger partial charge in [-0.2, -0.15) is 13.2 Å². The number of benzene rings is 2. The molecule has 0 fully saturated rings. The number of hydrogen-bond donors (Lipinski definition) is 1. The van der Waals surface area contributed by atoms with Crippen LogP contribution in [-0.2, 0) is 6.18 Å². The summed E-state index contributed by atoms with van der Waals surface area (Å²) in [6.07, 6.45) is -3.17. The predicted octanol–water partition coefficient (Wildman–Crippen LogP) is 5.20. The first-order chi connectivity index (χ1) is 11.4. The molecule has 1 heterocycles. The fraction of sp³-hybridized carbons (Fsp3) is 0.111. The van der Waals surface area contributed by atoms with E-state index in [1.54, 1.807) is 36.4 Å². The number of nitrogens with one attached hydrogen (secondary N) is 1. The summed E-state index contributed by atoms with van der Waals surface area (Å²) in [6, 6.07) is 12.3. The maximum absolute atomic E-state index is 13.1. The fourth-order valence-electron chi connectivity index (χ4n) is 2.56. The van der Waals surface area contributed by atoms with Crippen molar-refractivity contribution in [2.24, 2.45) is 0 Å². The summed E-state index contributed by atoms with van der Waals surface area (Å²) >= 11 is 0. The van der Waals surface area contributed by atoms with E-state index in [4.69, 9.17) is 0 Å². The Labute approximate surface area is 136 Å². The molecular weight excluding hydrogens is 317 g/mol. The van der Waals surface area contributed by atoms with Gasteiger partial charge in [0.05, 0.1) is 11.1 Å². The monoisotopic (exact) mass is 330 g/mol. The molecule has 0 aliphatic heterocycles. The Morgan fingerprint density at radius 1 is 1.00 bits per heavy atom. The Bertz CT molecular complexity index is 920. The number of ketones is 1. The van der Waals surface area contributed by atoms with E-state index in [2.05, 4.69) is 10.3 Å². The molecule has 3 rings (SSSR count). The first-order valence-corrected chi connectivity index (χ1v) is 7.20. The Kier molecular flexibility index (Phi) is 3.97. The van der Waals surface area contributed by atoms with E-state index >= 15 is 0 Å². The highest BCUT2D eigenvalue weighted by molar-refractivity contribution is 6.02. The molecule has 0 unspecified atom stereocenters. The molecule has 0 amide bonds. The predicted molar refractivity (Wildman–Crippen MR) is 86.5 cm³/mol. The van der Waals surface area contributed by atoms with Crippen molar-refractivity contribution in [3.05, 3.63) is 65.9 Å². The summed E-state index contributed by atoms with van der Waals surface area (Å²) in [4.78, 5) is 15.6. The molecule has 3 aromatic rings. The van der Waals surface area contributed by atoms with Crippen LogP contribution in [0.15, 0.2) is 54.7 Å². The van der Waals surface area contributed by atoms with Gasteiger partial charge in [0.25, 0.3) is 0 Å². The van der Waals surface area contributed by atoms with Gasteiger partial charge in [-0.15, -0.1) is 0 Å². The smallest absolute Gasteiger partial charge is 0.354 e. The lowest BCUT2D eigenvalue weighted by atomic mass is 10.1. The Morgan fingerprint density at radius 3 is 2.46 bits per heavy atom. The van der Waals surface area contributed by atoms with Crippen LogP contribution in [0.25, 0.3) is 10.9 Å². The van der Waals surface area contributed by atoms with Crippen LogP contribution in [0, 0.1) is 0 Å². The molecule has 24 heavy (non-hydrogen) atoms. The van der Waals surface area contributed by atoms with Crippen LogP contribution < -0.4 is 5.32 Å². The van der Waals surface area contributed by atoms with E-state index in [0.29, 0.717) is 22.3 Å². The number of nitrogens with zero attached hydrogens (tertiary/aromatic N) is 1. The number of carbonyl (C=O) groups is 1. The number of aromatic nitrogens is 1. The molecule has 0 radical (unpaired) electrons. The van der Waals surface area contributed by atoms with Gasteiger partial charge in [-0.3, -0.25) is 9.78 Å². The summed E-state index contributed by atoms with van der Waals surface area (Å²) in [5.41, 5.74) is 0.544. The minimum Gasteiger partial charge on any atom is -0.354 e. The molecule has 0 saturated carbocycles. The molecule has 1 N–H and O–H groups in total. The standard InChI is InChI=1S/C18H13F3N2O/c1-11(24)12-5-2-3-8-15(12)23-16-9-10-22-17-13(16)6-4-7-14(17)18(19,20)21/h2-10H,1H3,(H,22,23). The van der Waals surface area contributed by atoms with Gasteiger partial charge in [0.15, 0.2) is 5.78 Å². The van der Waals surface area contributed by atoms with Gasteiger partial charge in [0.1, 0.15) is 0 Å². The number of fused-ring (bicyclic) bond motifs is 1. The highest BCUT2D eigenvalue weighted by atomic mass is 19.4. The van der Waals surface area contributed by atoms with Crippen LogP contribution >= 0.6 is 0 Å². The van der Waals surface area contributed by atoms with Crippen LogP contribution in [0.3, 0.4) is 0 Å². The van der Waals surface area contributed by atoms with Crippen LogP contribution in [0.5, 0.6) is 0 Å². The number of rotatable bonds is 3. The number of carbonyl (C=O) groups excluding carboxylic acids is 1. The van der Waals surface area contributed by atoms with Gasteiger partial charge in [0.2, 0.25) is 0 Å². The van der Waals surface area contributed by atoms with Gasteiger partial charge in [-0.25, -0.2) is 0 Å². The molecule has 122 valence electrons. The average Bonchev–Trinajstić information content (AvgIpc) is 2.54. The maximum Gasteiger partial charge on any atom is 0.418 e. The van der Waals surface area contributed by atoms with Crippen molar-refractivity contribution in [3.63, 3.8) is 0 Å². The molecule has 3 nitrogen and oxygen atoms in total. The molecule has 0 bridgehead atoms. The second kappa shape index (κ2) is 5.96. The van der Waals surface area contributed by atoms with Crippen LogP contribution in [0.4, 0.5) is 24.5 Å². The summed E-state index contributed by atoms with van der Waals surface area (Å²) in [6.45, 7) is 1.44. The zero-order chi connectivity index (χ0) is 17.3. The minimum absolute atomic E-state index is 0.129. The molecule has 0 atom stereocenters. The third kappa shape index (κ3) is 2.95. The summed E-state index contributed by atoms with van der Waals surface area (Å²) in [5, 5.41) is 3.39. The van der Waals surface area contributed by atoms with E-state index in [0.717, 1.165) is 6.07 Å². The average molecular weight is 330 g/mol. The molecule has 0 spiro atoms. The molecule has 0 aliphatic carbocycles. The highest BCUT2D eigenvalue weighted by Gasteiger charge is 2.33. The van der Waals surface area contributed by atoms with Crippen LogP contribution in [0.2, 0.25) is 0 Å². The van der Waals surface area contributed by atoms with Crippen molar-refractivity contribution in [1.82, 2.24) is 4.98 Å². The summed E-state index contributed by atoms with van der Waals surface area (Å²) in [7, 11) is 0. The van der Waals surface area contributed by atoms with E-state index in [1.807, 2.05) is 0 Å². The summed E-state index contributed by atoms with van der Waals surface area (Å²) in [5.74, 6) is -0.132. The first-order valence-electron chi connectivity index (χ1n) is 7.20. The lowest BCUT2D eigenvalue weighted by Crippen LogP contribution is -2.07. The van der Waals surface area contributed by atoms with Crippen molar-refractivity contribution in [2.75, 3.05) is 5.32 Å². The molecule has 0 saturated heterocycles. The SMILES string of the molecule is CC(=O)c1ccccc1Nc1ccnc2c(C(F)(F)F)cccc12. The number of alkyl halides is 3. The highest BCUT2D eigenvalue weighted by Crippen LogP contribution is 2.36. The Hall–Kier alpha value is -2.89. The number of halogens is 3. The van der Waals surface area contributed by atoms with Gasteiger partial charge in [0, 0.05) is 28.5 Å². The number of para-hydroxylation sites is 2. The van der Waals surface area contributed by atoms with Crippen LogP contribution in [-0.4, -0.2) is 10.8 Å².